The van der Waals surface area contributed by atoms with Crippen LogP contribution < -0.4 is 10.6 Å². The Hall–Kier alpha value is -1.74. The van der Waals surface area contributed by atoms with E-state index in [0.717, 1.165) is 12.1 Å². The fraction of sp³-hybridized carbons (Fsp3) is 0.333. The Kier molecular flexibility index (Phi) is 4.43. The highest BCUT2D eigenvalue weighted by Crippen LogP contribution is 2.24. The van der Waals surface area contributed by atoms with Crippen molar-refractivity contribution in [3.63, 3.8) is 0 Å². The van der Waals surface area contributed by atoms with Crippen molar-refractivity contribution in [3.05, 3.63) is 28.2 Å². The van der Waals surface area contributed by atoms with Gasteiger partial charge in [0.15, 0.2) is 5.54 Å². The number of carboxylic acid groups (broad SMARTS) is 1. The maximum absolute atomic E-state index is 13.6. The maximum atomic E-state index is 13.6. The quantitative estimate of drug-likeness (QED) is 0.716. The predicted octanol–water partition coefficient (Wildman–Crippen LogP) is 2.09. The van der Waals surface area contributed by atoms with Crippen LogP contribution >= 0.6 is 15.9 Å². The maximum Gasteiger partial charge on any atom is 0.332 e. The van der Waals surface area contributed by atoms with E-state index in [1.807, 2.05) is 0 Å². The molecule has 9 heteroatoms. The smallest absolute Gasteiger partial charge is 0.332 e. The number of aliphatic carboxylic acids is 1. The molecule has 1 heterocycles. The number of urea groups is 1. The molecule has 1 fully saturated rings. The lowest BCUT2D eigenvalue weighted by atomic mass is 9.99. The molecule has 1 aromatic rings. The molecule has 1 atom stereocenters. The fourth-order valence-corrected chi connectivity index (χ4v) is 2.19. The molecule has 0 saturated carbocycles. The Labute approximate surface area is 126 Å². The second kappa shape index (κ2) is 5.94. The van der Waals surface area contributed by atoms with Crippen LogP contribution in [-0.2, 0) is 9.53 Å². The number of ether oxygens (including phenoxy) is 1. The van der Waals surface area contributed by atoms with E-state index in [0.29, 0.717) is 0 Å². The van der Waals surface area contributed by atoms with Crippen LogP contribution in [0.4, 0.5) is 19.3 Å². The fourth-order valence-electron chi connectivity index (χ4n) is 1.87. The van der Waals surface area contributed by atoms with Crippen LogP contribution in [0.25, 0.3) is 0 Å². The van der Waals surface area contributed by atoms with Gasteiger partial charge in [-0.2, -0.15) is 0 Å². The van der Waals surface area contributed by atoms with Gasteiger partial charge in [0.2, 0.25) is 0 Å². The molecule has 1 unspecified atom stereocenters. The molecule has 114 valence electrons. The number of carbonyl (C=O) groups excluding carboxylic acids is 1. The molecular weight excluding hydrogens is 354 g/mol. The highest BCUT2D eigenvalue weighted by molar-refractivity contribution is 9.10. The lowest BCUT2D eigenvalue weighted by Gasteiger charge is -2.23. The molecule has 1 aromatic carbocycles. The summed E-state index contributed by atoms with van der Waals surface area (Å²) in [5.41, 5.74) is -1.96. The summed E-state index contributed by atoms with van der Waals surface area (Å²) in [7, 11) is 0. The normalized spacial score (nSPS) is 21.1. The summed E-state index contributed by atoms with van der Waals surface area (Å²) in [6, 6.07) is 0.692. The van der Waals surface area contributed by atoms with Crippen molar-refractivity contribution in [1.29, 1.82) is 0 Å². The number of hydrogen-bond acceptors (Lipinski definition) is 3. The standard InChI is InChI=1S/C12H11BrF2N2O4/c13-6-3-8(15)9(4-7(6)14)16-11(20)17-12(10(18)19)1-2-21-5-12/h3-4H,1-2,5H2,(H,18,19)(H2,16,17,20). The Morgan fingerprint density at radius 3 is 2.62 bits per heavy atom. The Morgan fingerprint density at radius 2 is 2.05 bits per heavy atom. The van der Waals surface area contributed by atoms with Gasteiger partial charge in [-0.1, -0.05) is 0 Å². The number of halogens is 3. The van der Waals surface area contributed by atoms with Crippen molar-refractivity contribution >= 4 is 33.6 Å². The predicted molar refractivity (Wildman–Crippen MR) is 72.0 cm³/mol. The number of rotatable bonds is 3. The molecular formula is C12H11BrF2N2O4. The van der Waals surface area contributed by atoms with Gasteiger partial charge in [-0.3, -0.25) is 0 Å². The van der Waals surface area contributed by atoms with Crippen LogP contribution in [0.5, 0.6) is 0 Å². The average molecular weight is 365 g/mol. The van der Waals surface area contributed by atoms with Gasteiger partial charge in [-0.15, -0.1) is 0 Å². The van der Waals surface area contributed by atoms with Crippen LogP contribution in [0.15, 0.2) is 16.6 Å². The summed E-state index contributed by atoms with van der Waals surface area (Å²) < 4.78 is 31.8. The van der Waals surface area contributed by atoms with Crippen molar-refractivity contribution in [2.24, 2.45) is 0 Å². The van der Waals surface area contributed by atoms with Gasteiger partial charge in [0, 0.05) is 19.1 Å². The van der Waals surface area contributed by atoms with Gasteiger partial charge in [0.05, 0.1) is 16.8 Å². The Bertz CT molecular complexity index is 591. The number of anilines is 1. The first-order chi connectivity index (χ1) is 9.84. The van der Waals surface area contributed by atoms with E-state index in [-0.39, 0.29) is 24.1 Å². The summed E-state index contributed by atoms with van der Waals surface area (Å²) in [5, 5.41) is 13.5. The molecule has 1 aliphatic heterocycles. The van der Waals surface area contributed by atoms with E-state index in [4.69, 9.17) is 9.84 Å². The SMILES string of the molecule is O=C(Nc1cc(F)c(Br)cc1F)NC1(C(=O)O)CCOC1. The van der Waals surface area contributed by atoms with Crippen LogP contribution in [0.3, 0.4) is 0 Å². The molecule has 0 aromatic heterocycles. The number of benzene rings is 1. The average Bonchev–Trinajstić information content (AvgIpc) is 2.85. The summed E-state index contributed by atoms with van der Waals surface area (Å²) in [6.07, 6.45) is 0.0902. The number of carboxylic acids is 1. The second-order valence-corrected chi connectivity index (χ2v) is 5.37. The third-order valence-electron chi connectivity index (χ3n) is 3.04. The van der Waals surface area contributed by atoms with E-state index in [1.165, 1.54) is 0 Å². The largest absolute Gasteiger partial charge is 0.479 e. The first kappa shape index (κ1) is 15.6. The zero-order valence-corrected chi connectivity index (χ0v) is 12.2. The molecule has 0 bridgehead atoms. The third kappa shape index (κ3) is 3.30. The van der Waals surface area contributed by atoms with Crippen molar-refractivity contribution in [2.45, 2.75) is 12.0 Å². The van der Waals surface area contributed by atoms with E-state index in [1.54, 1.807) is 0 Å². The number of carbonyl (C=O) groups is 2. The van der Waals surface area contributed by atoms with Gasteiger partial charge in [-0.25, -0.2) is 18.4 Å². The highest BCUT2D eigenvalue weighted by Gasteiger charge is 2.44. The summed E-state index contributed by atoms with van der Waals surface area (Å²) >= 11 is 2.81. The van der Waals surface area contributed by atoms with Gasteiger partial charge in [0.1, 0.15) is 11.6 Å². The summed E-state index contributed by atoms with van der Waals surface area (Å²) in [4.78, 5) is 23.0. The van der Waals surface area contributed by atoms with E-state index >= 15 is 0 Å². The third-order valence-corrected chi connectivity index (χ3v) is 3.65. The number of hydrogen-bond donors (Lipinski definition) is 3. The molecule has 21 heavy (non-hydrogen) atoms. The first-order valence-corrected chi connectivity index (χ1v) is 6.68. The number of nitrogens with one attached hydrogen (secondary N) is 2. The molecule has 2 rings (SSSR count). The van der Waals surface area contributed by atoms with E-state index < -0.39 is 34.9 Å². The second-order valence-electron chi connectivity index (χ2n) is 4.52. The molecule has 1 saturated heterocycles. The molecule has 0 aliphatic carbocycles. The highest BCUT2D eigenvalue weighted by atomic mass is 79.9. The molecule has 6 nitrogen and oxygen atoms in total. The minimum Gasteiger partial charge on any atom is -0.479 e. The van der Waals surface area contributed by atoms with E-state index in [2.05, 4.69) is 26.6 Å². The first-order valence-electron chi connectivity index (χ1n) is 5.89. The zero-order valence-electron chi connectivity index (χ0n) is 10.6. The molecule has 0 radical (unpaired) electrons. The molecule has 2 amide bonds. The number of amides is 2. The van der Waals surface area contributed by atoms with Crippen LogP contribution in [-0.4, -0.2) is 35.9 Å². The lowest BCUT2D eigenvalue weighted by Crippen LogP contribution is -2.56. The topological polar surface area (TPSA) is 87.7 Å². The van der Waals surface area contributed by atoms with Crippen molar-refractivity contribution < 1.29 is 28.2 Å². The van der Waals surface area contributed by atoms with Crippen molar-refractivity contribution in [2.75, 3.05) is 18.5 Å². The lowest BCUT2D eigenvalue weighted by molar-refractivity contribution is -0.144. The summed E-state index contributed by atoms with van der Waals surface area (Å²) in [5.74, 6) is -2.87. The minimum atomic E-state index is -1.56. The van der Waals surface area contributed by atoms with E-state index in [9.17, 15) is 18.4 Å². The van der Waals surface area contributed by atoms with Gasteiger partial charge < -0.3 is 20.5 Å². The van der Waals surface area contributed by atoms with Crippen LogP contribution in [0, 0.1) is 11.6 Å². The van der Waals surface area contributed by atoms with Crippen LogP contribution in [0.2, 0.25) is 0 Å². The van der Waals surface area contributed by atoms with Crippen molar-refractivity contribution in [1.82, 2.24) is 5.32 Å². The minimum absolute atomic E-state index is 0.0860. The van der Waals surface area contributed by atoms with Gasteiger partial charge in [0.25, 0.3) is 0 Å². The Morgan fingerprint density at radius 1 is 1.33 bits per heavy atom. The molecule has 3 N–H and O–H groups in total. The monoisotopic (exact) mass is 364 g/mol. The zero-order chi connectivity index (χ0) is 15.6. The van der Waals surface area contributed by atoms with Crippen molar-refractivity contribution in [3.8, 4) is 0 Å². The summed E-state index contributed by atoms with van der Waals surface area (Å²) in [6.45, 7) is 0.000781. The molecule has 0 spiro atoms. The van der Waals surface area contributed by atoms with Gasteiger partial charge in [-0.05, 0) is 22.0 Å². The Balaban J connectivity index is 2.12. The molecule has 1 aliphatic rings. The van der Waals surface area contributed by atoms with Crippen LogP contribution in [0.1, 0.15) is 6.42 Å². The van der Waals surface area contributed by atoms with Gasteiger partial charge >= 0.3 is 12.0 Å².